The first-order chi connectivity index (χ1) is 9.91. The first-order valence-corrected chi connectivity index (χ1v) is 8.94. The molecule has 1 aromatic heterocycles. The number of sulfonamides is 1. The third-order valence-corrected chi connectivity index (χ3v) is 6.54. The van der Waals surface area contributed by atoms with Gasteiger partial charge in [-0.15, -0.1) is 11.8 Å². The van der Waals surface area contributed by atoms with Crippen LogP contribution in [-0.2, 0) is 17.1 Å². The lowest BCUT2D eigenvalue weighted by Crippen LogP contribution is -2.36. The number of halogens is 1. The highest BCUT2D eigenvalue weighted by atomic mass is 35.5. The Morgan fingerprint density at radius 2 is 2.19 bits per heavy atom. The van der Waals surface area contributed by atoms with Gasteiger partial charge in [-0.25, -0.2) is 0 Å². The third kappa shape index (κ3) is 2.37. The summed E-state index contributed by atoms with van der Waals surface area (Å²) in [5.74, 6) is 0.672. The van der Waals surface area contributed by atoms with Gasteiger partial charge in [-0.2, -0.15) is 13.5 Å². The molecule has 2 heterocycles. The van der Waals surface area contributed by atoms with Crippen molar-refractivity contribution in [1.29, 1.82) is 0 Å². The van der Waals surface area contributed by atoms with Crippen LogP contribution in [0.2, 0.25) is 5.02 Å². The minimum atomic E-state index is -3.78. The molecule has 21 heavy (non-hydrogen) atoms. The molecule has 0 amide bonds. The van der Waals surface area contributed by atoms with Crippen LogP contribution in [0.5, 0.6) is 0 Å². The standard InChI is InChI=1S/C12H13ClN4O2S2/c1-16-12(9(13)7-15-16)21(18,19)17-4-5-20-11-3-2-8(14)6-10(11)17/h2-3,6-7H,4-5,14H2,1H3. The van der Waals surface area contributed by atoms with Crippen molar-refractivity contribution >= 4 is 44.8 Å². The number of nitrogens with zero attached hydrogens (tertiary/aromatic N) is 3. The van der Waals surface area contributed by atoms with Crippen molar-refractivity contribution in [3.05, 3.63) is 29.4 Å². The van der Waals surface area contributed by atoms with Crippen molar-refractivity contribution in [3.8, 4) is 0 Å². The minimum Gasteiger partial charge on any atom is -0.399 e. The maximum Gasteiger partial charge on any atom is 0.283 e. The number of fused-ring (bicyclic) bond motifs is 1. The molecule has 2 aromatic rings. The summed E-state index contributed by atoms with van der Waals surface area (Å²) in [4.78, 5) is 0.886. The maximum atomic E-state index is 12.9. The molecule has 0 fully saturated rings. The van der Waals surface area contributed by atoms with Crippen molar-refractivity contribution in [1.82, 2.24) is 9.78 Å². The van der Waals surface area contributed by atoms with E-state index < -0.39 is 10.0 Å². The summed E-state index contributed by atoms with van der Waals surface area (Å²) in [7, 11) is -2.22. The number of aromatic nitrogens is 2. The molecule has 0 bridgehead atoms. The lowest BCUT2D eigenvalue weighted by molar-refractivity contribution is 0.572. The van der Waals surface area contributed by atoms with Crippen LogP contribution >= 0.6 is 23.4 Å². The average molecular weight is 345 g/mol. The van der Waals surface area contributed by atoms with Crippen LogP contribution in [0.4, 0.5) is 11.4 Å². The number of nitrogens with two attached hydrogens (primary N) is 1. The van der Waals surface area contributed by atoms with E-state index in [1.807, 2.05) is 6.07 Å². The van der Waals surface area contributed by atoms with Gasteiger partial charge in [0.05, 0.1) is 16.9 Å². The van der Waals surface area contributed by atoms with Gasteiger partial charge in [0.25, 0.3) is 10.0 Å². The average Bonchev–Trinajstić information content (AvgIpc) is 2.77. The van der Waals surface area contributed by atoms with E-state index >= 15 is 0 Å². The molecule has 0 saturated carbocycles. The van der Waals surface area contributed by atoms with E-state index in [-0.39, 0.29) is 10.0 Å². The second-order valence-corrected chi connectivity index (χ2v) is 7.90. The van der Waals surface area contributed by atoms with Crippen LogP contribution in [0.3, 0.4) is 0 Å². The number of anilines is 2. The summed E-state index contributed by atoms with van der Waals surface area (Å²) in [6.45, 7) is 0.366. The zero-order chi connectivity index (χ0) is 15.2. The monoisotopic (exact) mass is 344 g/mol. The first kappa shape index (κ1) is 14.6. The molecule has 0 saturated heterocycles. The summed E-state index contributed by atoms with van der Waals surface area (Å²) < 4.78 is 28.4. The van der Waals surface area contributed by atoms with Crippen LogP contribution in [0, 0.1) is 0 Å². The molecule has 1 aromatic carbocycles. The van der Waals surface area contributed by atoms with Gasteiger partial charge >= 0.3 is 0 Å². The van der Waals surface area contributed by atoms with Crippen molar-refractivity contribution in [3.63, 3.8) is 0 Å². The number of rotatable bonds is 2. The Balaban J connectivity index is 2.16. The molecule has 112 valence electrons. The normalized spacial score (nSPS) is 15.0. The number of nitrogen functional groups attached to an aromatic ring is 1. The fourth-order valence-electron chi connectivity index (χ4n) is 2.25. The number of aryl methyl sites for hydroxylation is 1. The van der Waals surface area contributed by atoms with Crippen LogP contribution < -0.4 is 10.0 Å². The number of benzene rings is 1. The molecule has 0 radical (unpaired) electrons. The van der Waals surface area contributed by atoms with Gasteiger partial charge < -0.3 is 5.73 Å². The van der Waals surface area contributed by atoms with Crippen LogP contribution in [0.1, 0.15) is 0 Å². The predicted octanol–water partition coefficient (Wildman–Crippen LogP) is 1.96. The summed E-state index contributed by atoms with van der Waals surface area (Å²) in [6, 6.07) is 5.27. The number of thioether (sulfide) groups is 1. The molecule has 1 aliphatic heterocycles. The molecule has 0 spiro atoms. The SMILES string of the molecule is Cn1ncc(Cl)c1S(=O)(=O)N1CCSc2ccc(N)cc21. The molecule has 3 rings (SSSR count). The fourth-order valence-corrected chi connectivity index (χ4v) is 5.49. The molecular weight excluding hydrogens is 332 g/mol. The van der Waals surface area contributed by atoms with Crippen molar-refractivity contribution < 1.29 is 8.42 Å². The molecule has 0 atom stereocenters. The maximum absolute atomic E-state index is 12.9. The quantitative estimate of drug-likeness (QED) is 0.842. The Hall–Kier alpha value is -1.38. The van der Waals surface area contributed by atoms with Crippen molar-refractivity contribution in [2.75, 3.05) is 22.3 Å². The Bertz CT molecular complexity index is 784. The zero-order valence-corrected chi connectivity index (χ0v) is 13.5. The highest BCUT2D eigenvalue weighted by Gasteiger charge is 2.33. The van der Waals surface area contributed by atoms with Gasteiger partial charge in [-0.3, -0.25) is 8.99 Å². The van der Waals surface area contributed by atoms with Gasteiger partial charge in [-0.1, -0.05) is 11.6 Å². The van der Waals surface area contributed by atoms with E-state index in [0.717, 1.165) is 4.90 Å². The Morgan fingerprint density at radius 1 is 1.43 bits per heavy atom. The topological polar surface area (TPSA) is 81.2 Å². The summed E-state index contributed by atoms with van der Waals surface area (Å²) in [5.41, 5.74) is 6.90. The highest BCUT2D eigenvalue weighted by molar-refractivity contribution is 8.00. The van der Waals surface area contributed by atoms with E-state index in [1.54, 1.807) is 30.9 Å². The van der Waals surface area contributed by atoms with Crippen LogP contribution in [0.15, 0.2) is 34.3 Å². The third-order valence-electron chi connectivity index (χ3n) is 3.18. The highest BCUT2D eigenvalue weighted by Crippen LogP contribution is 2.39. The fraction of sp³-hybridized carbons (Fsp3) is 0.250. The number of hydrogen-bond donors (Lipinski definition) is 1. The molecule has 0 unspecified atom stereocenters. The molecule has 1 aliphatic rings. The van der Waals surface area contributed by atoms with Gasteiger partial charge in [0.2, 0.25) is 0 Å². The Kier molecular flexibility index (Phi) is 3.54. The van der Waals surface area contributed by atoms with Gasteiger partial charge in [0.1, 0.15) is 0 Å². The minimum absolute atomic E-state index is 0.00978. The van der Waals surface area contributed by atoms with Crippen LogP contribution in [-0.4, -0.2) is 30.5 Å². The van der Waals surface area contributed by atoms with E-state index in [0.29, 0.717) is 23.7 Å². The molecule has 2 N–H and O–H groups in total. The van der Waals surface area contributed by atoms with Crippen LogP contribution in [0.25, 0.3) is 0 Å². The van der Waals surface area contributed by atoms with E-state index in [9.17, 15) is 8.42 Å². The summed E-state index contributed by atoms with van der Waals surface area (Å²) >= 11 is 7.59. The summed E-state index contributed by atoms with van der Waals surface area (Å²) in [6.07, 6.45) is 1.33. The van der Waals surface area contributed by atoms with Gasteiger partial charge in [0.15, 0.2) is 5.03 Å². The largest absolute Gasteiger partial charge is 0.399 e. The lowest BCUT2D eigenvalue weighted by atomic mass is 10.3. The zero-order valence-electron chi connectivity index (χ0n) is 11.2. The Morgan fingerprint density at radius 3 is 2.86 bits per heavy atom. The second-order valence-electron chi connectivity index (χ2n) is 4.57. The molecule has 0 aliphatic carbocycles. The number of hydrogen-bond acceptors (Lipinski definition) is 5. The van der Waals surface area contributed by atoms with Gasteiger partial charge in [-0.05, 0) is 18.2 Å². The molecule has 9 heteroatoms. The molecular formula is C12H13ClN4O2S2. The Labute approximate surface area is 131 Å². The van der Waals surface area contributed by atoms with Crippen molar-refractivity contribution in [2.45, 2.75) is 9.92 Å². The van der Waals surface area contributed by atoms with E-state index in [2.05, 4.69) is 5.10 Å². The predicted molar refractivity (Wildman–Crippen MR) is 84.3 cm³/mol. The molecule has 6 nitrogen and oxygen atoms in total. The van der Waals surface area contributed by atoms with E-state index in [1.165, 1.54) is 15.2 Å². The van der Waals surface area contributed by atoms with E-state index in [4.69, 9.17) is 17.3 Å². The summed E-state index contributed by atoms with van der Waals surface area (Å²) in [5, 5.41) is 4.00. The second kappa shape index (κ2) is 5.11. The lowest BCUT2D eigenvalue weighted by Gasteiger charge is -2.30. The van der Waals surface area contributed by atoms with Crippen molar-refractivity contribution in [2.24, 2.45) is 7.05 Å². The smallest absolute Gasteiger partial charge is 0.283 e. The first-order valence-electron chi connectivity index (χ1n) is 6.14. The van der Waals surface area contributed by atoms with Gasteiger partial charge in [0, 0.05) is 29.9 Å².